The summed E-state index contributed by atoms with van der Waals surface area (Å²) >= 11 is 0. The molecule has 25 heavy (non-hydrogen) atoms. The van der Waals surface area contributed by atoms with E-state index in [2.05, 4.69) is 10.6 Å². The molecule has 1 saturated carbocycles. The van der Waals surface area contributed by atoms with Gasteiger partial charge in [0.15, 0.2) is 0 Å². The average molecular weight is 345 g/mol. The summed E-state index contributed by atoms with van der Waals surface area (Å²) < 4.78 is 5.52. The molecule has 0 radical (unpaired) electrons. The number of urea groups is 1. The highest BCUT2D eigenvalue weighted by molar-refractivity contribution is 5.89. The highest BCUT2D eigenvalue weighted by Gasteiger charge is 2.43. The van der Waals surface area contributed by atoms with E-state index in [1.54, 1.807) is 19.2 Å². The van der Waals surface area contributed by atoms with E-state index in [1.165, 1.54) is 19.3 Å². The van der Waals surface area contributed by atoms with Gasteiger partial charge in [-0.15, -0.1) is 0 Å². The zero-order valence-corrected chi connectivity index (χ0v) is 14.8. The second-order valence-electron chi connectivity index (χ2n) is 7.07. The Balaban J connectivity index is 1.45. The zero-order valence-electron chi connectivity index (χ0n) is 14.8. The summed E-state index contributed by atoms with van der Waals surface area (Å²) in [5.74, 6) is 0.640. The maximum absolute atomic E-state index is 12.5. The van der Waals surface area contributed by atoms with Crippen LogP contribution >= 0.6 is 0 Å². The van der Waals surface area contributed by atoms with E-state index in [1.807, 2.05) is 17.0 Å². The number of carbonyl (C=O) groups excluding carboxylic acids is 2. The molecular formula is C19H27N3O3. The zero-order chi connectivity index (χ0) is 17.7. The third kappa shape index (κ3) is 4.87. The SMILES string of the molecule is CNC(=O)CCOc1ccc(NC(=O)N2CCCC3(CC2)CC3)cc1. The maximum Gasteiger partial charge on any atom is 0.321 e. The molecular weight excluding hydrogens is 318 g/mol. The first-order chi connectivity index (χ1) is 12.1. The summed E-state index contributed by atoms with van der Waals surface area (Å²) in [6, 6.07) is 7.24. The van der Waals surface area contributed by atoms with Crippen molar-refractivity contribution in [3.63, 3.8) is 0 Å². The van der Waals surface area contributed by atoms with Crippen molar-refractivity contribution < 1.29 is 14.3 Å². The van der Waals surface area contributed by atoms with Gasteiger partial charge in [0.1, 0.15) is 5.75 Å². The Hall–Kier alpha value is -2.24. The van der Waals surface area contributed by atoms with Gasteiger partial charge >= 0.3 is 6.03 Å². The largest absolute Gasteiger partial charge is 0.493 e. The molecule has 1 heterocycles. The normalized spacial score (nSPS) is 18.4. The molecule has 3 amide bonds. The molecule has 1 aliphatic heterocycles. The van der Waals surface area contributed by atoms with Crippen LogP contribution in [0.4, 0.5) is 10.5 Å². The van der Waals surface area contributed by atoms with Gasteiger partial charge in [0.2, 0.25) is 5.91 Å². The van der Waals surface area contributed by atoms with Crippen LogP contribution in [0.1, 0.15) is 38.5 Å². The first kappa shape index (κ1) is 17.6. The second-order valence-corrected chi connectivity index (χ2v) is 7.07. The van der Waals surface area contributed by atoms with E-state index in [9.17, 15) is 9.59 Å². The van der Waals surface area contributed by atoms with Gasteiger partial charge in [0.25, 0.3) is 0 Å². The molecule has 1 spiro atoms. The molecule has 6 nitrogen and oxygen atoms in total. The molecule has 2 aliphatic rings. The Bertz CT molecular complexity index is 611. The number of carbonyl (C=O) groups is 2. The number of hydrogen-bond donors (Lipinski definition) is 2. The van der Waals surface area contributed by atoms with Crippen LogP contribution < -0.4 is 15.4 Å². The fraction of sp³-hybridized carbons (Fsp3) is 0.579. The minimum absolute atomic E-state index is 0.0222. The summed E-state index contributed by atoms with van der Waals surface area (Å²) in [7, 11) is 1.61. The molecule has 1 aliphatic carbocycles. The van der Waals surface area contributed by atoms with Gasteiger partial charge in [-0.1, -0.05) is 0 Å². The van der Waals surface area contributed by atoms with Gasteiger partial charge in [0.05, 0.1) is 13.0 Å². The van der Waals surface area contributed by atoms with Crippen molar-refractivity contribution >= 4 is 17.6 Å². The van der Waals surface area contributed by atoms with Gasteiger partial charge in [-0.05, 0) is 61.8 Å². The molecule has 0 aromatic heterocycles. The number of anilines is 1. The fourth-order valence-corrected chi connectivity index (χ4v) is 3.36. The second kappa shape index (κ2) is 7.76. The molecule has 1 aromatic carbocycles. The van der Waals surface area contributed by atoms with E-state index in [0.29, 0.717) is 24.2 Å². The Morgan fingerprint density at radius 3 is 2.56 bits per heavy atom. The Labute approximate surface area is 148 Å². The third-order valence-corrected chi connectivity index (χ3v) is 5.27. The van der Waals surface area contributed by atoms with Crippen LogP contribution in [0, 0.1) is 5.41 Å². The fourth-order valence-electron chi connectivity index (χ4n) is 3.36. The minimum atomic E-state index is -0.0469. The number of likely N-dealkylation sites (tertiary alicyclic amines) is 1. The monoisotopic (exact) mass is 345 g/mol. The molecule has 2 fully saturated rings. The first-order valence-corrected chi connectivity index (χ1v) is 9.10. The average Bonchev–Trinajstić information content (AvgIpc) is 3.42. The highest BCUT2D eigenvalue weighted by Crippen LogP contribution is 2.53. The van der Waals surface area contributed by atoms with Crippen molar-refractivity contribution in [2.24, 2.45) is 5.41 Å². The molecule has 1 saturated heterocycles. The van der Waals surface area contributed by atoms with Crippen LogP contribution in [0.15, 0.2) is 24.3 Å². The van der Waals surface area contributed by atoms with E-state index in [4.69, 9.17) is 4.74 Å². The van der Waals surface area contributed by atoms with Crippen LogP contribution in [0.3, 0.4) is 0 Å². The molecule has 0 bridgehead atoms. The number of amides is 3. The number of benzene rings is 1. The van der Waals surface area contributed by atoms with Crippen LogP contribution in [0.2, 0.25) is 0 Å². The van der Waals surface area contributed by atoms with Crippen LogP contribution in [-0.4, -0.2) is 43.6 Å². The van der Waals surface area contributed by atoms with Crippen molar-refractivity contribution in [1.82, 2.24) is 10.2 Å². The van der Waals surface area contributed by atoms with Crippen LogP contribution in [0.5, 0.6) is 5.75 Å². The molecule has 6 heteroatoms. The lowest BCUT2D eigenvalue weighted by molar-refractivity contribution is -0.121. The summed E-state index contributed by atoms with van der Waals surface area (Å²) in [5, 5.41) is 5.52. The number of nitrogens with zero attached hydrogens (tertiary/aromatic N) is 1. The lowest BCUT2D eigenvalue weighted by Crippen LogP contribution is -2.35. The van der Waals surface area contributed by atoms with Crippen LogP contribution in [0.25, 0.3) is 0 Å². The molecule has 0 atom stereocenters. The van der Waals surface area contributed by atoms with Gasteiger partial charge in [-0.25, -0.2) is 4.79 Å². The first-order valence-electron chi connectivity index (χ1n) is 9.10. The highest BCUT2D eigenvalue weighted by atomic mass is 16.5. The predicted molar refractivity (Wildman–Crippen MR) is 96.7 cm³/mol. The summed E-state index contributed by atoms with van der Waals surface area (Å²) in [6.45, 7) is 2.03. The summed E-state index contributed by atoms with van der Waals surface area (Å²) in [5.41, 5.74) is 1.32. The lowest BCUT2D eigenvalue weighted by atomic mass is 9.98. The quantitative estimate of drug-likeness (QED) is 0.862. The molecule has 2 N–H and O–H groups in total. The maximum atomic E-state index is 12.5. The lowest BCUT2D eigenvalue weighted by Gasteiger charge is -2.21. The number of rotatable bonds is 5. The van der Waals surface area contributed by atoms with Gasteiger partial charge < -0.3 is 20.3 Å². The number of ether oxygens (including phenoxy) is 1. The van der Waals surface area contributed by atoms with Crippen molar-refractivity contribution in [3.8, 4) is 5.75 Å². The molecule has 1 aromatic rings. The standard InChI is InChI=1S/C19H27N3O3/c1-20-17(23)7-14-25-16-5-3-15(4-6-16)21-18(24)22-12-2-8-19(9-10-19)11-13-22/h3-6H,2,7-14H2,1H3,(H,20,23)(H,21,24). The predicted octanol–water partition coefficient (Wildman–Crippen LogP) is 3.00. The summed E-state index contributed by atoms with van der Waals surface area (Å²) in [4.78, 5) is 25.5. The Morgan fingerprint density at radius 2 is 1.88 bits per heavy atom. The molecule has 136 valence electrons. The molecule has 0 unspecified atom stereocenters. The van der Waals surface area contributed by atoms with Crippen molar-refractivity contribution in [3.05, 3.63) is 24.3 Å². The van der Waals surface area contributed by atoms with Crippen molar-refractivity contribution in [2.75, 3.05) is 32.1 Å². The van der Waals surface area contributed by atoms with E-state index in [-0.39, 0.29) is 11.9 Å². The summed E-state index contributed by atoms with van der Waals surface area (Å²) in [6.07, 6.45) is 6.50. The number of nitrogens with one attached hydrogen (secondary N) is 2. The smallest absolute Gasteiger partial charge is 0.321 e. The van der Waals surface area contributed by atoms with Crippen LogP contribution in [-0.2, 0) is 4.79 Å². The van der Waals surface area contributed by atoms with Crippen molar-refractivity contribution in [1.29, 1.82) is 0 Å². The van der Waals surface area contributed by atoms with Gasteiger partial charge in [0, 0.05) is 25.8 Å². The van der Waals surface area contributed by atoms with E-state index in [0.717, 1.165) is 31.6 Å². The van der Waals surface area contributed by atoms with Gasteiger partial charge in [-0.2, -0.15) is 0 Å². The minimum Gasteiger partial charge on any atom is -0.493 e. The molecule has 3 rings (SSSR count). The van der Waals surface area contributed by atoms with E-state index >= 15 is 0 Å². The Morgan fingerprint density at radius 1 is 1.12 bits per heavy atom. The topological polar surface area (TPSA) is 70.7 Å². The van der Waals surface area contributed by atoms with Crippen molar-refractivity contribution in [2.45, 2.75) is 38.5 Å². The van der Waals surface area contributed by atoms with E-state index < -0.39 is 0 Å². The third-order valence-electron chi connectivity index (χ3n) is 5.27. The number of hydrogen-bond acceptors (Lipinski definition) is 3. The Kier molecular flexibility index (Phi) is 5.46. The van der Waals surface area contributed by atoms with Gasteiger partial charge in [-0.3, -0.25) is 4.79 Å².